The van der Waals surface area contributed by atoms with Crippen molar-refractivity contribution in [3.8, 4) is 0 Å². The van der Waals surface area contributed by atoms with E-state index in [1.165, 1.54) is 18.9 Å². The molecule has 0 amide bonds. The van der Waals surface area contributed by atoms with Crippen LogP contribution in [0.15, 0.2) is 0 Å². The van der Waals surface area contributed by atoms with Gasteiger partial charge in [0.25, 0.3) is 0 Å². The Balaban J connectivity index is 5.01. The molecule has 0 saturated heterocycles. The molecule has 0 fully saturated rings. The molecule has 0 aliphatic rings. The summed E-state index contributed by atoms with van der Waals surface area (Å²) in [7, 11) is -2.99. The molecule has 0 bridgehead atoms. The van der Waals surface area contributed by atoms with Gasteiger partial charge in [-0.15, -0.1) is 0 Å². The van der Waals surface area contributed by atoms with Crippen molar-refractivity contribution in [1.29, 1.82) is 0 Å². The predicted molar refractivity (Wildman–Crippen MR) is 98.4 cm³/mol. The SMILES string of the molecule is CCC(C)(C)CC(C[Si](C)(C)O[Si](C)(C)C)C(C)(C)C. The maximum Gasteiger partial charge on any atom is 0.173 e. The summed E-state index contributed by atoms with van der Waals surface area (Å²) < 4.78 is 6.58. The van der Waals surface area contributed by atoms with Crippen molar-refractivity contribution in [2.45, 2.75) is 93.2 Å². The van der Waals surface area contributed by atoms with Crippen LogP contribution in [0.25, 0.3) is 0 Å². The van der Waals surface area contributed by atoms with Crippen LogP contribution < -0.4 is 0 Å². The molecule has 0 saturated carbocycles. The molecule has 3 heteroatoms. The highest BCUT2D eigenvalue weighted by molar-refractivity contribution is 6.84. The second-order valence-electron chi connectivity index (χ2n) is 9.96. The second-order valence-corrected chi connectivity index (χ2v) is 18.9. The van der Waals surface area contributed by atoms with Crippen LogP contribution in [0, 0.1) is 16.7 Å². The van der Waals surface area contributed by atoms with Gasteiger partial charge in [-0.2, -0.15) is 0 Å². The summed E-state index contributed by atoms with van der Waals surface area (Å²) in [5, 5.41) is 0. The Labute approximate surface area is 131 Å². The maximum absolute atomic E-state index is 6.58. The van der Waals surface area contributed by atoms with Crippen LogP contribution in [0.1, 0.15) is 54.4 Å². The second kappa shape index (κ2) is 6.66. The van der Waals surface area contributed by atoms with Crippen molar-refractivity contribution in [1.82, 2.24) is 0 Å². The molecule has 0 radical (unpaired) electrons. The fraction of sp³-hybridized carbons (Fsp3) is 1.00. The lowest BCUT2D eigenvalue weighted by Gasteiger charge is -2.42. The molecule has 1 atom stereocenters. The monoisotopic (exact) mass is 316 g/mol. The minimum absolute atomic E-state index is 0.375. The molecule has 1 nitrogen and oxygen atoms in total. The quantitative estimate of drug-likeness (QED) is 0.485. The summed E-state index contributed by atoms with van der Waals surface area (Å²) >= 11 is 0. The summed E-state index contributed by atoms with van der Waals surface area (Å²) in [5.74, 6) is 0.760. The first-order chi connectivity index (χ1) is 8.58. The molecule has 0 rings (SSSR count). The van der Waals surface area contributed by atoms with Crippen LogP contribution in [0.2, 0.25) is 38.8 Å². The third-order valence-corrected chi connectivity index (χ3v) is 10.4. The lowest BCUT2D eigenvalue weighted by Crippen LogP contribution is -2.45. The van der Waals surface area contributed by atoms with Crippen LogP contribution >= 0.6 is 0 Å². The van der Waals surface area contributed by atoms with Crippen LogP contribution in [0.4, 0.5) is 0 Å². The van der Waals surface area contributed by atoms with Crippen LogP contribution in [0.3, 0.4) is 0 Å². The van der Waals surface area contributed by atoms with E-state index in [2.05, 4.69) is 74.3 Å². The van der Waals surface area contributed by atoms with Gasteiger partial charge in [0.05, 0.1) is 0 Å². The Morgan fingerprint density at radius 1 is 0.900 bits per heavy atom. The van der Waals surface area contributed by atoms with Gasteiger partial charge in [-0.3, -0.25) is 0 Å². The average Bonchev–Trinajstić information content (AvgIpc) is 2.10. The Morgan fingerprint density at radius 2 is 1.35 bits per heavy atom. The molecule has 20 heavy (non-hydrogen) atoms. The zero-order valence-electron chi connectivity index (χ0n) is 16.1. The van der Waals surface area contributed by atoms with Crippen LogP contribution in [0.5, 0.6) is 0 Å². The fourth-order valence-electron chi connectivity index (χ4n) is 2.96. The van der Waals surface area contributed by atoms with E-state index >= 15 is 0 Å². The largest absolute Gasteiger partial charge is 0.456 e. The highest BCUT2D eigenvalue weighted by atomic mass is 28.4. The first-order valence-corrected chi connectivity index (χ1v) is 14.8. The smallest absolute Gasteiger partial charge is 0.173 e. The van der Waals surface area contributed by atoms with Gasteiger partial charge in [0, 0.05) is 0 Å². The molecular weight excluding hydrogens is 276 g/mol. The Hall–Kier alpha value is 0.394. The molecule has 0 aliphatic carbocycles. The molecule has 0 aromatic heterocycles. The van der Waals surface area contributed by atoms with E-state index in [1.807, 2.05) is 0 Å². The molecule has 0 aromatic carbocycles. The van der Waals surface area contributed by atoms with Gasteiger partial charge in [-0.25, -0.2) is 0 Å². The van der Waals surface area contributed by atoms with Crippen molar-refractivity contribution in [3.05, 3.63) is 0 Å². The first kappa shape index (κ1) is 20.4. The highest BCUT2D eigenvalue weighted by Gasteiger charge is 2.38. The van der Waals surface area contributed by atoms with Gasteiger partial charge in [0.2, 0.25) is 0 Å². The molecule has 0 heterocycles. The Bertz CT molecular complexity index is 295. The molecule has 0 aliphatic heterocycles. The maximum atomic E-state index is 6.58. The van der Waals surface area contributed by atoms with E-state index in [-0.39, 0.29) is 0 Å². The van der Waals surface area contributed by atoms with Crippen molar-refractivity contribution in [2.24, 2.45) is 16.7 Å². The number of hydrogen-bond donors (Lipinski definition) is 0. The van der Waals surface area contributed by atoms with E-state index in [0.717, 1.165) is 5.92 Å². The summed E-state index contributed by atoms with van der Waals surface area (Å²) in [5.41, 5.74) is 0.821. The summed E-state index contributed by atoms with van der Waals surface area (Å²) in [4.78, 5) is 0. The topological polar surface area (TPSA) is 9.23 Å². The predicted octanol–water partition coefficient (Wildman–Crippen LogP) is 6.53. The van der Waals surface area contributed by atoms with Crippen LogP contribution in [-0.4, -0.2) is 16.6 Å². The third kappa shape index (κ3) is 8.63. The van der Waals surface area contributed by atoms with Gasteiger partial charge in [-0.1, -0.05) is 48.0 Å². The molecular formula is C17H40OSi2. The normalized spacial score (nSPS) is 16.4. The minimum Gasteiger partial charge on any atom is -0.456 e. The summed E-state index contributed by atoms with van der Waals surface area (Å²) in [6, 6.07) is 1.30. The van der Waals surface area contributed by atoms with E-state index in [4.69, 9.17) is 4.12 Å². The molecule has 0 spiro atoms. The Kier molecular flexibility index (Phi) is 6.79. The van der Waals surface area contributed by atoms with E-state index < -0.39 is 16.6 Å². The lowest BCUT2D eigenvalue weighted by molar-refractivity contribution is 0.162. The number of hydrogen-bond acceptors (Lipinski definition) is 1. The summed E-state index contributed by atoms with van der Waals surface area (Å²) in [6.07, 6.45) is 2.58. The van der Waals surface area contributed by atoms with Gasteiger partial charge in [-0.05, 0) is 61.9 Å². The van der Waals surface area contributed by atoms with E-state index in [1.54, 1.807) is 0 Å². The lowest BCUT2D eigenvalue weighted by atomic mass is 9.71. The van der Waals surface area contributed by atoms with Gasteiger partial charge >= 0.3 is 0 Å². The van der Waals surface area contributed by atoms with E-state index in [9.17, 15) is 0 Å². The minimum atomic E-state index is -1.56. The molecule has 0 N–H and O–H groups in total. The zero-order chi connectivity index (χ0) is 16.4. The van der Waals surface area contributed by atoms with Crippen molar-refractivity contribution >= 4 is 16.6 Å². The third-order valence-electron chi connectivity index (χ3n) is 4.30. The standard InChI is InChI=1S/C17H40OSi2/c1-12-17(5,6)13-15(16(2,3)4)14-20(10,11)18-19(7,8)9/h15H,12-14H2,1-11H3. The molecule has 1 unspecified atom stereocenters. The number of rotatable bonds is 7. The summed E-state index contributed by atoms with van der Waals surface area (Å²) in [6.45, 7) is 26.2. The van der Waals surface area contributed by atoms with Gasteiger partial charge < -0.3 is 4.12 Å². The van der Waals surface area contributed by atoms with Gasteiger partial charge in [0.1, 0.15) is 0 Å². The van der Waals surface area contributed by atoms with E-state index in [0.29, 0.717) is 10.8 Å². The van der Waals surface area contributed by atoms with Crippen LogP contribution in [-0.2, 0) is 4.12 Å². The molecule has 122 valence electrons. The van der Waals surface area contributed by atoms with Crippen molar-refractivity contribution < 1.29 is 4.12 Å². The van der Waals surface area contributed by atoms with Crippen molar-refractivity contribution in [3.63, 3.8) is 0 Å². The zero-order valence-corrected chi connectivity index (χ0v) is 18.1. The fourth-order valence-corrected chi connectivity index (χ4v) is 11.9. The Morgan fingerprint density at radius 3 is 1.65 bits per heavy atom. The molecule has 0 aromatic rings. The highest BCUT2D eigenvalue weighted by Crippen LogP contribution is 2.42. The average molecular weight is 317 g/mol. The van der Waals surface area contributed by atoms with Crippen molar-refractivity contribution in [2.75, 3.05) is 0 Å². The first-order valence-electron chi connectivity index (χ1n) is 8.28. The van der Waals surface area contributed by atoms with Gasteiger partial charge in [0.15, 0.2) is 16.6 Å².